The highest BCUT2D eigenvalue weighted by molar-refractivity contribution is 7.99. The Morgan fingerprint density at radius 3 is 2.75 bits per heavy atom. The predicted molar refractivity (Wildman–Crippen MR) is 71.6 cm³/mol. The van der Waals surface area contributed by atoms with Crippen LogP contribution in [0.1, 0.15) is 0 Å². The molecule has 0 bridgehead atoms. The molecular weight excluding hydrogens is 216 g/mol. The Bertz CT molecular complexity index is 366. The van der Waals surface area contributed by atoms with Crippen LogP contribution in [0, 0.1) is 0 Å². The first-order valence-electron chi connectivity index (χ1n) is 5.07. The second kappa shape index (κ2) is 7.83. The lowest BCUT2D eigenvalue weighted by Crippen LogP contribution is -1.76. The van der Waals surface area contributed by atoms with E-state index in [2.05, 4.69) is 36.9 Å². The minimum Gasteiger partial charge on any atom is -0.497 e. The maximum Gasteiger partial charge on any atom is 0.111 e. The maximum absolute atomic E-state index is 4.91. The van der Waals surface area contributed by atoms with Gasteiger partial charge in [0.15, 0.2) is 0 Å². The van der Waals surface area contributed by atoms with Crippen LogP contribution < -0.4 is 0 Å². The normalized spacial score (nSPS) is 11.1. The van der Waals surface area contributed by atoms with Crippen molar-refractivity contribution >= 4 is 11.8 Å². The summed E-state index contributed by atoms with van der Waals surface area (Å²) < 4.78 is 4.91. The molecule has 16 heavy (non-hydrogen) atoms. The number of allylic oxidation sites excluding steroid dienone is 3. The first-order valence-corrected chi connectivity index (χ1v) is 6.05. The molecule has 0 atom stereocenters. The van der Waals surface area contributed by atoms with E-state index >= 15 is 0 Å². The Morgan fingerprint density at radius 2 is 2.06 bits per heavy atom. The summed E-state index contributed by atoms with van der Waals surface area (Å²) in [5.74, 6) is 1.63. The minimum absolute atomic E-state index is 0.667. The molecule has 1 aromatic carbocycles. The van der Waals surface area contributed by atoms with Crippen LogP contribution in [0.2, 0.25) is 0 Å². The third-order valence-corrected chi connectivity index (χ3v) is 2.85. The summed E-state index contributed by atoms with van der Waals surface area (Å²) in [5, 5.41) is 0. The Kier molecular flexibility index (Phi) is 6.19. The van der Waals surface area contributed by atoms with E-state index in [1.807, 2.05) is 36.1 Å². The van der Waals surface area contributed by atoms with Crippen LogP contribution in [-0.4, -0.2) is 12.9 Å². The summed E-state index contributed by atoms with van der Waals surface area (Å²) >= 11 is 1.81. The molecule has 2 heteroatoms. The van der Waals surface area contributed by atoms with E-state index in [1.54, 1.807) is 7.11 Å². The van der Waals surface area contributed by atoms with Crippen molar-refractivity contribution in [1.29, 1.82) is 0 Å². The van der Waals surface area contributed by atoms with Crippen LogP contribution >= 0.6 is 11.8 Å². The average Bonchev–Trinajstić information content (AvgIpc) is 2.34. The predicted octanol–water partition coefficient (Wildman–Crippen LogP) is 4.05. The molecule has 0 N–H and O–H groups in total. The third kappa shape index (κ3) is 5.47. The van der Waals surface area contributed by atoms with Gasteiger partial charge in [-0.15, -0.1) is 11.8 Å². The number of thioether (sulfide) groups is 1. The second-order valence-corrected chi connectivity index (χ2v) is 4.18. The van der Waals surface area contributed by atoms with Crippen molar-refractivity contribution in [3.63, 3.8) is 0 Å². The molecule has 0 aromatic heterocycles. The van der Waals surface area contributed by atoms with E-state index in [1.165, 1.54) is 4.90 Å². The van der Waals surface area contributed by atoms with Gasteiger partial charge in [-0.25, -0.2) is 0 Å². The fourth-order valence-electron chi connectivity index (χ4n) is 1.03. The Morgan fingerprint density at radius 1 is 1.31 bits per heavy atom. The average molecular weight is 232 g/mol. The molecule has 0 heterocycles. The van der Waals surface area contributed by atoms with Gasteiger partial charge >= 0.3 is 0 Å². The Balaban J connectivity index is 2.23. The van der Waals surface area contributed by atoms with Gasteiger partial charge in [-0.1, -0.05) is 43.0 Å². The summed E-state index contributed by atoms with van der Waals surface area (Å²) in [5.41, 5.74) is 0. The molecule has 0 aliphatic carbocycles. The zero-order valence-electron chi connectivity index (χ0n) is 9.43. The highest BCUT2D eigenvalue weighted by atomic mass is 32.2. The molecule has 0 spiro atoms. The van der Waals surface area contributed by atoms with Crippen LogP contribution in [0.25, 0.3) is 0 Å². The van der Waals surface area contributed by atoms with Crippen LogP contribution in [-0.2, 0) is 4.74 Å². The van der Waals surface area contributed by atoms with Gasteiger partial charge in [0, 0.05) is 10.6 Å². The van der Waals surface area contributed by atoms with Gasteiger partial charge in [-0.05, 0) is 18.2 Å². The van der Waals surface area contributed by atoms with E-state index < -0.39 is 0 Å². The molecule has 0 saturated heterocycles. The lowest BCUT2D eigenvalue weighted by Gasteiger charge is -1.95. The number of rotatable bonds is 6. The molecule has 0 saturated carbocycles. The van der Waals surface area contributed by atoms with Crippen molar-refractivity contribution in [2.24, 2.45) is 0 Å². The fourth-order valence-corrected chi connectivity index (χ4v) is 1.78. The second-order valence-electron chi connectivity index (χ2n) is 3.08. The molecule has 1 aromatic rings. The number of methoxy groups -OCH3 is 1. The van der Waals surface area contributed by atoms with Crippen molar-refractivity contribution in [2.75, 3.05) is 12.9 Å². The smallest absolute Gasteiger partial charge is 0.111 e. The van der Waals surface area contributed by atoms with Crippen molar-refractivity contribution < 1.29 is 4.74 Å². The highest BCUT2D eigenvalue weighted by Gasteiger charge is 1.87. The van der Waals surface area contributed by atoms with E-state index in [-0.39, 0.29) is 0 Å². The zero-order chi connectivity index (χ0) is 11.6. The monoisotopic (exact) mass is 232 g/mol. The van der Waals surface area contributed by atoms with Crippen molar-refractivity contribution in [3.05, 3.63) is 67.0 Å². The Labute approximate surface area is 102 Å². The summed E-state index contributed by atoms with van der Waals surface area (Å²) in [4.78, 5) is 1.29. The zero-order valence-corrected chi connectivity index (χ0v) is 10.2. The van der Waals surface area contributed by atoms with E-state index in [0.717, 1.165) is 5.75 Å². The van der Waals surface area contributed by atoms with Crippen LogP contribution in [0.15, 0.2) is 71.9 Å². The molecule has 0 unspecified atom stereocenters. The first kappa shape index (κ1) is 12.7. The number of benzene rings is 1. The molecule has 0 radical (unpaired) electrons. The van der Waals surface area contributed by atoms with Crippen molar-refractivity contribution in [3.8, 4) is 0 Å². The third-order valence-electron chi connectivity index (χ3n) is 1.88. The molecule has 0 aliphatic rings. The minimum atomic E-state index is 0.667. The number of ether oxygens (including phenoxy) is 1. The van der Waals surface area contributed by atoms with Gasteiger partial charge in [-0.3, -0.25) is 0 Å². The van der Waals surface area contributed by atoms with Crippen LogP contribution in [0.4, 0.5) is 0 Å². The largest absolute Gasteiger partial charge is 0.497 e. The fraction of sp³-hybridized carbons (Fsp3) is 0.143. The van der Waals surface area contributed by atoms with Crippen LogP contribution in [0.5, 0.6) is 0 Å². The quantitative estimate of drug-likeness (QED) is 0.416. The molecule has 1 nitrogen and oxygen atoms in total. The van der Waals surface area contributed by atoms with E-state index in [9.17, 15) is 0 Å². The maximum atomic E-state index is 4.91. The first-order chi connectivity index (χ1) is 7.83. The van der Waals surface area contributed by atoms with Gasteiger partial charge in [0.2, 0.25) is 0 Å². The molecule has 84 valence electrons. The van der Waals surface area contributed by atoms with Gasteiger partial charge in [0.05, 0.1) is 7.11 Å². The highest BCUT2D eigenvalue weighted by Crippen LogP contribution is 2.16. The summed E-state index contributed by atoms with van der Waals surface area (Å²) in [7, 11) is 1.61. The summed E-state index contributed by atoms with van der Waals surface area (Å²) in [6.45, 7) is 3.69. The van der Waals surface area contributed by atoms with Crippen molar-refractivity contribution in [1.82, 2.24) is 0 Å². The molecule has 0 amide bonds. The lowest BCUT2D eigenvalue weighted by atomic mass is 10.4. The SMILES string of the molecule is C=C(/C=C/C=C/CSc1ccccc1)OC. The van der Waals surface area contributed by atoms with E-state index in [4.69, 9.17) is 4.74 Å². The van der Waals surface area contributed by atoms with Crippen molar-refractivity contribution in [2.45, 2.75) is 4.90 Å². The van der Waals surface area contributed by atoms with E-state index in [0.29, 0.717) is 5.76 Å². The topological polar surface area (TPSA) is 9.23 Å². The molecular formula is C14H16OS. The number of hydrogen-bond donors (Lipinski definition) is 0. The van der Waals surface area contributed by atoms with Crippen LogP contribution in [0.3, 0.4) is 0 Å². The summed E-state index contributed by atoms with van der Waals surface area (Å²) in [6, 6.07) is 10.4. The Hall–Kier alpha value is -1.41. The lowest BCUT2D eigenvalue weighted by molar-refractivity contribution is 0.309. The standard InChI is InChI=1S/C14H16OS/c1-13(15-2)9-5-4-8-12-16-14-10-6-3-7-11-14/h3-11H,1,12H2,2H3/b8-4+,9-5+. The van der Waals surface area contributed by atoms with Gasteiger partial charge < -0.3 is 4.74 Å². The molecule has 1 rings (SSSR count). The molecule has 0 aliphatic heterocycles. The summed E-state index contributed by atoms with van der Waals surface area (Å²) in [6.07, 6.45) is 7.87. The van der Waals surface area contributed by atoms with Gasteiger partial charge in [0.1, 0.15) is 5.76 Å². The molecule has 0 fully saturated rings. The van der Waals surface area contributed by atoms with Gasteiger partial charge in [-0.2, -0.15) is 0 Å². The van der Waals surface area contributed by atoms with Gasteiger partial charge in [0.25, 0.3) is 0 Å². The number of hydrogen-bond acceptors (Lipinski definition) is 2.